The zero-order valence-electron chi connectivity index (χ0n) is 21.2. The summed E-state index contributed by atoms with van der Waals surface area (Å²) in [5.41, 5.74) is 4.46. The van der Waals surface area contributed by atoms with Crippen molar-refractivity contribution in [3.63, 3.8) is 0 Å². The van der Waals surface area contributed by atoms with Crippen LogP contribution < -0.4 is 0 Å². The molecule has 0 radical (unpaired) electrons. The molecule has 0 saturated carbocycles. The van der Waals surface area contributed by atoms with Crippen LogP contribution in [0.15, 0.2) is 91.4 Å². The Bertz CT molecular complexity index is 1490. The van der Waals surface area contributed by atoms with E-state index in [1.807, 2.05) is 88.6 Å². The molecule has 0 aliphatic carbocycles. The van der Waals surface area contributed by atoms with Crippen LogP contribution in [0, 0.1) is 0 Å². The zero-order valence-corrected chi connectivity index (χ0v) is 21.2. The van der Waals surface area contributed by atoms with Gasteiger partial charge in [0.05, 0.1) is 36.4 Å². The molecule has 0 saturated heterocycles. The van der Waals surface area contributed by atoms with Crippen LogP contribution in [0.4, 0.5) is 0 Å². The summed E-state index contributed by atoms with van der Waals surface area (Å²) in [5, 5.41) is 26.4. The van der Waals surface area contributed by atoms with Gasteiger partial charge in [0.2, 0.25) is 0 Å². The molecular weight excluding hydrogens is 478 g/mol. The normalized spacial score (nSPS) is 19.1. The van der Waals surface area contributed by atoms with Gasteiger partial charge in [0.1, 0.15) is 23.5 Å². The van der Waals surface area contributed by atoms with Crippen LogP contribution in [0.25, 0.3) is 16.9 Å². The fourth-order valence-electron chi connectivity index (χ4n) is 4.59. The number of unbranched alkanes of at least 4 members (excludes halogenated alkanes) is 1. The molecule has 6 rings (SSSR count). The van der Waals surface area contributed by atoms with Gasteiger partial charge in [0, 0.05) is 11.8 Å². The van der Waals surface area contributed by atoms with Crippen molar-refractivity contribution in [2.24, 2.45) is 0 Å². The maximum absolute atomic E-state index is 6.62. The van der Waals surface area contributed by atoms with E-state index in [0.717, 1.165) is 41.9 Å². The summed E-state index contributed by atoms with van der Waals surface area (Å²) in [4.78, 5) is 0. The predicted octanol–water partition coefficient (Wildman–Crippen LogP) is 4.40. The van der Waals surface area contributed by atoms with E-state index >= 15 is 0 Å². The maximum Gasteiger partial charge on any atom is 0.130 e. The van der Waals surface area contributed by atoms with E-state index in [9.17, 15) is 0 Å². The molecule has 10 heteroatoms. The molecule has 5 aromatic rings. The van der Waals surface area contributed by atoms with E-state index in [2.05, 4.69) is 50.0 Å². The van der Waals surface area contributed by atoms with Gasteiger partial charge in [-0.15, -0.1) is 15.3 Å². The van der Waals surface area contributed by atoms with E-state index < -0.39 is 6.10 Å². The Hall–Kier alpha value is -4.44. The molecule has 1 aliphatic rings. The smallest absolute Gasteiger partial charge is 0.130 e. The quantitative estimate of drug-likeness (QED) is 0.273. The van der Waals surface area contributed by atoms with E-state index in [1.54, 1.807) is 4.68 Å². The average molecular weight is 508 g/mol. The van der Waals surface area contributed by atoms with Gasteiger partial charge in [-0.05, 0) is 25.0 Å². The Morgan fingerprint density at radius 1 is 0.816 bits per heavy atom. The zero-order chi connectivity index (χ0) is 25.7. The second kappa shape index (κ2) is 10.9. The number of ether oxygens (including phenoxy) is 1. The van der Waals surface area contributed by atoms with Crippen molar-refractivity contribution >= 4 is 0 Å². The fraction of sp³-hybridized carbons (Fsp3) is 0.286. The van der Waals surface area contributed by atoms with Gasteiger partial charge in [-0.1, -0.05) is 89.7 Å². The number of hydrogen-bond acceptors (Lipinski definition) is 7. The summed E-state index contributed by atoms with van der Waals surface area (Å²) in [6.07, 6.45) is 12.6. The van der Waals surface area contributed by atoms with Crippen LogP contribution in [0.1, 0.15) is 43.3 Å². The molecule has 4 heterocycles. The van der Waals surface area contributed by atoms with Crippen LogP contribution in [0.5, 0.6) is 0 Å². The molecule has 2 aromatic carbocycles. The van der Waals surface area contributed by atoms with Crippen molar-refractivity contribution in [1.82, 2.24) is 45.0 Å². The van der Waals surface area contributed by atoms with Gasteiger partial charge in [-0.2, -0.15) is 0 Å². The van der Waals surface area contributed by atoms with Gasteiger partial charge < -0.3 is 4.74 Å². The molecule has 0 unspecified atom stereocenters. The Morgan fingerprint density at radius 3 is 2.45 bits per heavy atom. The minimum Gasteiger partial charge on any atom is -0.360 e. The van der Waals surface area contributed by atoms with Gasteiger partial charge in [-0.3, -0.25) is 0 Å². The monoisotopic (exact) mass is 507 g/mol. The summed E-state index contributed by atoms with van der Waals surface area (Å²) >= 11 is 0. The number of hydrogen-bond donors (Lipinski definition) is 0. The molecule has 0 spiro atoms. The molecule has 0 fully saturated rings. The lowest BCUT2D eigenvalue weighted by Crippen LogP contribution is -2.30. The molecule has 0 N–H and O–H groups in total. The number of para-hydroxylation sites is 1. The standard InChI is InChI=1S/C28H29N9O/c1-2-3-12-22-17-35(32-29-22)18-24-15-16-27(37-19-25(30-34-37)21-10-6-4-7-11-21)28(38-24)26-20-36(33-31-26)23-13-8-5-9-14-23/h4-11,13-17,19-20,24,27-28H,2-3,12,18H2,1H3/t24-,27+,28+/m0/s1. The number of benzene rings is 2. The highest BCUT2D eigenvalue weighted by Gasteiger charge is 2.33. The molecule has 0 bridgehead atoms. The number of nitrogens with zero attached hydrogens (tertiary/aromatic N) is 9. The van der Waals surface area contributed by atoms with Crippen LogP contribution >= 0.6 is 0 Å². The molecule has 10 nitrogen and oxygen atoms in total. The van der Waals surface area contributed by atoms with E-state index in [4.69, 9.17) is 4.74 Å². The highest BCUT2D eigenvalue weighted by Crippen LogP contribution is 2.35. The van der Waals surface area contributed by atoms with Crippen molar-refractivity contribution < 1.29 is 4.74 Å². The Morgan fingerprint density at radius 2 is 1.63 bits per heavy atom. The summed E-state index contributed by atoms with van der Waals surface area (Å²) in [7, 11) is 0. The van der Waals surface area contributed by atoms with Gasteiger partial charge in [0.15, 0.2) is 0 Å². The molecule has 1 aliphatic heterocycles. The predicted molar refractivity (Wildman–Crippen MR) is 141 cm³/mol. The molecular formula is C28H29N9O. The lowest BCUT2D eigenvalue weighted by atomic mass is 10.0. The third kappa shape index (κ3) is 5.16. The number of aromatic nitrogens is 9. The largest absolute Gasteiger partial charge is 0.360 e. The summed E-state index contributed by atoms with van der Waals surface area (Å²) < 4.78 is 12.1. The first-order chi connectivity index (χ1) is 18.8. The van der Waals surface area contributed by atoms with Crippen molar-refractivity contribution in [2.45, 2.75) is 51.0 Å². The number of rotatable bonds is 9. The molecule has 3 aromatic heterocycles. The molecule has 0 amide bonds. The van der Waals surface area contributed by atoms with Crippen LogP contribution in [-0.4, -0.2) is 51.1 Å². The van der Waals surface area contributed by atoms with Crippen molar-refractivity contribution in [3.05, 3.63) is 103 Å². The fourth-order valence-corrected chi connectivity index (χ4v) is 4.59. The first-order valence-electron chi connectivity index (χ1n) is 12.9. The first-order valence-corrected chi connectivity index (χ1v) is 12.9. The topological polar surface area (TPSA) is 101 Å². The first kappa shape index (κ1) is 23.9. The number of aryl methyl sites for hydroxylation is 1. The van der Waals surface area contributed by atoms with Crippen LogP contribution in [-0.2, 0) is 17.7 Å². The minimum atomic E-state index is -0.420. The molecule has 38 heavy (non-hydrogen) atoms. The third-order valence-electron chi connectivity index (χ3n) is 6.60. The van der Waals surface area contributed by atoms with E-state index in [-0.39, 0.29) is 12.1 Å². The Labute approximate surface area is 220 Å². The van der Waals surface area contributed by atoms with Crippen LogP contribution in [0.3, 0.4) is 0 Å². The minimum absolute atomic E-state index is 0.212. The lowest BCUT2D eigenvalue weighted by Gasteiger charge is -2.31. The van der Waals surface area contributed by atoms with Crippen molar-refractivity contribution in [1.29, 1.82) is 0 Å². The van der Waals surface area contributed by atoms with E-state index in [1.165, 1.54) is 0 Å². The lowest BCUT2D eigenvalue weighted by molar-refractivity contribution is -0.0332. The molecule has 3 atom stereocenters. The van der Waals surface area contributed by atoms with Crippen molar-refractivity contribution in [3.8, 4) is 16.9 Å². The van der Waals surface area contributed by atoms with Gasteiger partial charge in [0.25, 0.3) is 0 Å². The SMILES string of the molecule is CCCCc1cn(C[C@@H]2C=C[C@@H](n3cc(-c4ccccc4)nn3)[C@@H](c3cn(-c4ccccc4)nn3)O2)nn1. The highest BCUT2D eigenvalue weighted by molar-refractivity contribution is 5.57. The third-order valence-corrected chi connectivity index (χ3v) is 6.60. The maximum atomic E-state index is 6.62. The molecule has 192 valence electrons. The van der Waals surface area contributed by atoms with Crippen molar-refractivity contribution in [2.75, 3.05) is 0 Å². The van der Waals surface area contributed by atoms with Gasteiger partial charge in [-0.25, -0.2) is 14.0 Å². The highest BCUT2D eigenvalue weighted by atomic mass is 16.5. The van der Waals surface area contributed by atoms with E-state index in [0.29, 0.717) is 12.2 Å². The summed E-state index contributed by atoms with van der Waals surface area (Å²) in [6.45, 7) is 2.73. The van der Waals surface area contributed by atoms with Crippen LogP contribution in [0.2, 0.25) is 0 Å². The summed E-state index contributed by atoms with van der Waals surface area (Å²) in [5.74, 6) is 0. The second-order valence-electron chi connectivity index (χ2n) is 9.38. The average Bonchev–Trinajstić information content (AvgIpc) is 3.74. The summed E-state index contributed by atoms with van der Waals surface area (Å²) in [6, 6.07) is 19.7. The Kier molecular flexibility index (Phi) is 6.86. The second-order valence-corrected chi connectivity index (χ2v) is 9.38. The van der Waals surface area contributed by atoms with Gasteiger partial charge >= 0.3 is 0 Å². The Balaban J connectivity index is 1.28.